The van der Waals surface area contributed by atoms with Crippen LogP contribution in [0.1, 0.15) is 31.1 Å². The summed E-state index contributed by atoms with van der Waals surface area (Å²) >= 11 is 1.83. The Morgan fingerprint density at radius 2 is 2.50 bits per heavy atom. The number of rotatable bonds is 5. The number of carbonyl (C=O) groups is 1. The van der Waals surface area contributed by atoms with E-state index < -0.39 is 0 Å². The van der Waals surface area contributed by atoms with Gasteiger partial charge in [0.1, 0.15) is 5.78 Å². The van der Waals surface area contributed by atoms with Crippen LogP contribution in [0.25, 0.3) is 0 Å². The number of carbonyl (C=O) groups excluding carboxylic acids is 1. The molecule has 2 heterocycles. The molecule has 1 unspecified atom stereocenters. The monoisotopic (exact) mass is 237 g/mol. The highest BCUT2D eigenvalue weighted by Crippen LogP contribution is 2.21. The number of hydrogen-bond acceptors (Lipinski definition) is 3. The van der Waals surface area contributed by atoms with Gasteiger partial charge in [0.25, 0.3) is 0 Å². The first-order valence-electron chi connectivity index (χ1n) is 6.01. The number of thiophene rings is 1. The zero-order chi connectivity index (χ0) is 11.4. The van der Waals surface area contributed by atoms with E-state index in [0.29, 0.717) is 11.8 Å². The highest BCUT2D eigenvalue weighted by Gasteiger charge is 2.24. The molecule has 0 spiro atoms. The molecule has 0 N–H and O–H groups in total. The molecule has 1 saturated heterocycles. The third kappa shape index (κ3) is 3.16. The van der Waals surface area contributed by atoms with Crippen molar-refractivity contribution in [1.29, 1.82) is 0 Å². The molecule has 2 rings (SSSR count). The SMILES string of the molecule is CC(=O)CC1CCCN1CCc1cccs1. The maximum atomic E-state index is 11.2. The highest BCUT2D eigenvalue weighted by atomic mass is 32.1. The quantitative estimate of drug-likeness (QED) is 0.785. The predicted molar refractivity (Wildman–Crippen MR) is 67.9 cm³/mol. The first-order valence-corrected chi connectivity index (χ1v) is 6.89. The van der Waals surface area contributed by atoms with Gasteiger partial charge in [-0.2, -0.15) is 0 Å². The van der Waals surface area contributed by atoms with E-state index in [1.54, 1.807) is 6.92 Å². The van der Waals surface area contributed by atoms with Gasteiger partial charge in [-0.15, -0.1) is 11.3 Å². The Labute approximate surface area is 101 Å². The van der Waals surface area contributed by atoms with Crippen LogP contribution < -0.4 is 0 Å². The second-order valence-electron chi connectivity index (χ2n) is 4.57. The number of nitrogens with zero attached hydrogens (tertiary/aromatic N) is 1. The van der Waals surface area contributed by atoms with Crippen molar-refractivity contribution in [3.63, 3.8) is 0 Å². The van der Waals surface area contributed by atoms with Gasteiger partial charge < -0.3 is 0 Å². The van der Waals surface area contributed by atoms with Crippen molar-refractivity contribution in [1.82, 2.24) is 4.90 Å². The molecule has 0 amide bonds. The average molecular weight is 237 g/mol. The third-order valence-electron chi connectivity index (χ3n) is 3.25. The molecule has 0 saturated carbocycles. The summed E-state index contributed by atoms with van der Waals surface area (Å²) in [6, 6.07) is 4.81. The van der Waals surface area contributed by atoms with Crippen molar-refractivity contribution in [2.24, 2.45) is 0 Å². The van der Waals surface area contributed by atoms with Gasteiger partial charge in [0.15, 0.2) is 0 Å². The Morgan fingerprint density at radius 3 is 3.19 bits per heavy atom. The van der Waals surface area contributed by atoms with Crippen LogP contribution in [0.3, 0.4) is 0 Å². The normalized spacial score (nSPS) is 21.4. The van der Waals surface area contributed by atoms with E-state index in [4.69, 9.17) is 0 Å². The molecule has 3 heteroatoms. The van der Waals surface area contributed by atoms with Gasteiger partial charge in [0.05, 0.1) is 0 Å². The van der Waals surface area contributed by atoms with Crippen LogP contribution in [0.4, 0.5) is 0 Å². The second kappa shape index (κ2) is 5.60. The molecule has 1 fully saturated rings. The molecule has 0 aromatic carbocycles. The summed E-state index contributed by atoms with van der Waals surface area (Å²) in [5, 5.41) is 2.13. The lowest BCUT2D eigenvalue weighted by Crippen LogP contribution is -2.32. The topological polar surface area (TPSA) is 20.3 Å². The van der Waals surface area contributed by atoms with Crippen molar-refractivity contribution < 1.29 is 4.79 Å². The summed E-state index contributed by atoms with van der Waals surface area (Å²) in [4.78, 5) is 15.1. The van der Waals surface area contributed by atoms with Crippen molar-refractivity contribution in [3.8, 4) is 0 Å². The van der Waals surface area contributed by atoms with Gasteiger partial charge in [-0.25, -0.2) is 0 Å². The number of hydrogen-bond donors (Lipinski definition) is 0. The molecule has 1 aliphatic heterocycles. The fraction of sp³-hybridized carbons (Fsp3) is 0.615. The summed E-state index contributed by atoms with van der Waals surface area (Å²) in [5.74, 6) is 0.327. The van der Waals surface area contributed by atoms with Crippen molar-refractivity contribution in [2.75, 3.05) is 13.1 Å². The smallest absolute Gasteiger partial charge is 0.131 e. The molecule has 0 radical (unpaired) electrons. The molecule has 88 valence electrons. The lowest BCUT2D eigenvalue weighted by molar-refractivity contribution is -0.118. The molecule has 1 aromatic heterocycles. The Kier molecular flexibility index (Phi) is 4.13. The van der Waals surface area contributed by atoms with E-state index >= 15 is 0 Å². The fourth-order valence-electron chi connectivity index (χ4n) is 2.46. The zero-order valence-corrected chi connectivity index (χ0v) is 10.6. The van der Waals surface area contributed by atoms with Gasteiger partial charge in [-0.05, 0) is 44.2 Å². The molecule has 2 nitrogen and oxygen atoms in total. The number of likely N-dealkylation sites (tertiary alicyclic amines) is 1. The van der Waals surface area contributed by atoms with Crippen LogP contribution in [0.5, 0.6) is 0 Å². The third-order valence-corrected chi connectivity index (χ3v) is 4.18. The average Bonchev–Trinajstić information content (AvgIpc) is 2.84. The molecule has 1 atom stereocenters. The first-order chi connectivity index (χ1) is 7.75. The fourth-order valence-corrected chi connectivity index (χ4v) is 3.16. The lowest BCUT2D eigenvalue weighted by Gasteiger charge is -2.23. The summed E-state index contributed by atoms with van der Waals surface area (Å²) in [6.07, 6.45) is 4.32. The van der Waals surface area contributed by atoms with Crippen LogP contribution in [-0.2, 0) is 11.2 Å². The summed E-state index contributed by atoms with van der Waals surface area (Å²) in [6.45, 7) is 3.98. The van der Waals surface area contributed by atoms with Crippen LogP contribution in [0.15, 0.2) is 17.5 Å². The van der Waals surface area contributed by atoms with Gasteiger partial charge in [0, 0.05) is 23.9 Å². The van der Waals surface area contributed by atoms with Crippen molar-refractivity contribution >= 4 is 17.1 Å². The Balaban J connectivity index is 1.81. The molecule has 1 aromatic rings. The Hall–Kier alpha value is -0.670. The van der Waals surface area contributed by atoms with E-state index in [-0.39, 0.29) is 0 Å². The first kappa shape index (κ1) is 11.8. The summed E-state index contributed by atoms with van der Waals surface area (Å²) in [7, 11) is 0. The van der Waals surface area contributed by atoms with E-state index in [9.17, 15) is 4.79 Å². The number of ketones is 1. The minimum atomic E-state index is 0.327. The zero-order valence-electron chi connectivity index (χ0n) is 9.82. The van der Waals surface area contributed by atoms with E-state index in [1.807, 2.05) is 11.3 Å². The van der Waals surface area contributed by atoms with E-state index in [1.165, 1.54) is 24.3 Å². The largest absolute Gasteiger partial charge is 0.300 e. The second-order valence-corrected chi connectivity index (χ2v) is 5.60. The predicted octanol–water partition coefficient (Wildman–Crippen LogP) is 2.73. The van der Waals surface area contributed by atoms with Gasteiger partial charge in [0.2, 0.25) is 0 Å². The molecule has 0 aliphatic carbocycles. The van der Waals surface area contributed by atoms with Gasteiger partial charge >= 0.3 is 0 Å². The van der Waals surface area contributed by atoms with Crippen molar-refractivity contribution in [2.45, 2.75) is 38.6 Å². The standard InChI is InChI=1S/C13H19NOS/c1-11(15)10-12-4-2-7-14(12)8-6-13-5-3-9-16-13/h3,5,9,12H,2,4,6-8,10H2,1H3. The molecule has 16 heavy (non-hydrogen) atoms. The van der Waals surface area contributed by atoms with Crippen LogP contribution in [-0.4, -0.2) is 29.8 Å². The van der Waals surface area contributed by atoms with Crippen LogP contribution in [0.2, 0.25) is 0 Å². The minimum absolute atomic E-state index is 0.327. The Morgan fingerprint density at radius 1 is 1.62 bits per heavy atom. The van der Waals surface area contributed by atoms with Crippen molar-refractivity contribution in [3.05, 3.63) is 22.4 Å². The van der Waals surface area contributed by atoms with Crippen LogP contribution in [0, 0.1) is 0 Å². The number of Topliss-reactive ketones (excluding diaryl/α,β-unsaturated/α-hetero) is 1. The molecule has 0 bridgehead atoms. The maximum absolute atomic E-state index is 11.2. The van der Waals surface area contributed by atoms with Gasteiger partial charge in [-0.1, -0.05) is 6.07 Å². The molecule has 1 aliphatic rings. The molecular weight excluding hydrogens is 218 g/mol. The van der Waals surface area contributed by atoms with Crippen LogP contribution >= 0.6 is 11.3 Å². The molecular formula is C13H19NOS. The van der Waals surface area contributed by atoms with Gasteiger partial charge in [-0.3, -0.25) is 9.69 Å². The maximum Gasteiger partial charge on any atom is 0.131 e. The lowest BCUT2D eigenvalue weighted by atomic mass is 10.1. The van der Waals surface area contributed by atoms with E-state index in [2.05, 4.69) is 22.4 Å². The van der Waals surface area contributed by atoms with E-state index in [0.717, 1.165) is 19.4 Å². The highest BCUT2D eigenvalue weighted by molar-refractivity contribution is 7.09. The summed E-state index contributed by atoms with van der Waals surface area (Å²) < 4.78 is 0. The summed E-state index contributed by atoms with van der Waals surface area (Å²) in [5.41, 5.74) is 0. The Bertz CT molecular complexity index is 334. The minimum Gasteiger partial charge on any atom is -0.300 e.